The van der Waals surface area contributed by atoms with Gasteiger partial charge in [-0.25, -0.2) is 9.97 Å². The lowest BCUT2D eigenvalue weighted by molar-refractivity contribution is -0.00000857. The minimum Gasteiger partial charge on any atom is -1.00 e. The van der Waals surface area contributed by atoms with E-state index >= 15 is 0 Å². The lowest BCUT2D eigenvalue weighted by atomic mass is 10.2. The molecule has 2 aromatic heterocycles. The normalized spacial score (nSPS) is 11.3. The SMILES string of the molecule is O=c1[nH]c(-c2ccccc2)nc(SCc2nc3ccccc3[nH]2)c1[P+](c1ccccc1)(c1ccccc1)c1ccccc1.[Cl-]. The molecule has 0 radical (unpaired) electrons. The van der Waals surface area contributed by atoms with Crippen LogP contribution in [0.3, 0.4) is 0 Å². The van der Waals surface area contributed by atoms with Crippen molar-refractivity contribution in [3.05, 3.63) is 162 Å². The van der Waals surface area contributed by atoms with Gasteiger partial charge >= 0.3 is 0 Å². The first-order valence-electron chi connectivity index (χ1n) is 14.1. The van der Waals surface area contributed by atoms with Crippen molar-refractivity contribution >= 4 is 51.3 Å². The van der Waals surface area contributed by atoms with E-state index in [2.05, 4.69) is 82.8 Å². The second-order valence-corrected chi connectivity index (χ2v) is 14.4. The van der Waals surface area contributed by atoms with Crippen LogP contribution in [0.2, 0.25) is 0 Å². The lowest BCUT2D eigenvalue weighted by Crippen LogP contribution is -3.00. The van der Waals surface area contributed by atoms with E-state index in [1.165, 1.54) is 0 Å². The third kappa shape index (κ3) is 5.48. The summed E-state index contributed by atoms with van der Waals surface area (Å²) in [5.41, 5.74) is 2.63. The molecule has 0 fully saturated rings. The van der Waals surface area contributed by atoms with Gasteiger partial charge in [0.25, 0.3) is 5.56 Å². The molecule has 5 nitrogen and oxygen atoms in total. The summed E-state index contributed by atoms with van der Waals surface area (Å²) in [4.78, 5) is 31.3. The minimum atomic E-state index is -2.70. The number of para-hydroxylation sites is 2. The molecule has 7 rings (SSSR count). The van der Waals surface area contributed by atoms with Gasteiger partial charge in [0.05, 0.1) is 16.8 Å². The Labute approximate surface area is 266 Å². The van der Waals surface area contributed by atoms with Crippen molar-refractivity contribution in [3.8, 4) is 11.4 Å². The van der Waals surface area contributed by atoms with E-state index in [1.807, 2.05) is 72.8 Å². The summed E-state index contributed by atoms with van der Waals surface area (Å²) in [6.07, 6.45) is 0. The van der Waals surface area contributed by atoms with Gasteiger partial charge in [0.15, 0.2) is 7.26 Å². The quantitative estimate of drug-likeness (QED) is 0.154. The van der Waals surface area contributed by atoms with Crippen LogP contribution >= 0.6 is 19.0 Å². The number of H-pyrrole nitrogens is 2. The zero-order chi connectivity index (χ0) is 29.1. The van der Waals surface area contributed by atoms with Gasteiger partial charge in [-0.3, -0.25) is 4.79 Å². The van der Waals surface area contributed by atoms with Crippen LogP contribution in [0, 0.1) is 0 Å². The maximum Gasteiger partial charge on any atom is 0.296 e. The van der Waals surface area contributed by atoms with Crippen molar-refractivity contribution in [3.63, 3.8) is 0 Å². The first kappa shape index (κ1) is 29.6. The van der Waals surface area contributed by atoms with Crippen molar-refractivity contribution in [2.75, 3.05) is 0 Å². The average Bonchev–Trinajstić information content (AvgIpc) is 3.50. The van der Waals surface area contributed by atoms with Crippen molar-refractivity contribution in [2.24, 2.45) is 0 Å². The van der Waals surface area contributed by atoms with Crippen molar-refractivity contribution in [2.45, 2.75) is 10.8 Å². The van der Waals surface area contributed by atoms with Gasteiger partial charge in [-0.1, -0.05) is 109 Å². The predicted octanol–water partition coefficient (Wildman–Crippen LogP) is 3.23. The molecule has 44 heavy (non-hydrogen) atoms. The molecule has 0 unspecified atom stereocenters. The molecule has 0 amide bonds. The number of hydrogen-bond acceptors (Lipinski definition) is 4. The van der Waals surface area contributed by atoms with Crippen LogP contribution in [0.25, 0.3) is 22.4 Å². The fourth-order valence-corrected chi connectivity index (χ4v) is 11.2. The fraction of sp³-hybridized carbons (Fsp3) is 0.0278. The predicted molar refractivity (Wildman–Crippen MR) is 181 cm³/mol. The second-order valence-electron chi connectivity index (χ2n) is 10.1. The van der Waals surface area contributed by atoms with Crippen LogP contribution in [0.4, 0.5) is 0 Å². The summed E-state index contributed by atoms with van der Waals surface area (Å²) in [5, 5.41) is 4.68. The third-order valence-electron chi connectivity index (χ3n) is 7.46. The van der Waals surface area contributed by atoms with Gasteiger partial charge in [0.1, 0.15) is 32.6 Å². The average molecular weight is 631 g/mol. The molecular formula is C36H28ClN4OPS. The first-order chi connectivity index (χ1) is 21.2. The smallest absolute Gasteiger partial charge is 0.296 e. The van der Waals surface area contributed by atoms with Crippen LogP contribution in [0.5, 0.6) is 0 Å². The highest BCUT2D eigenvalue weighted by molar-refractivity contribution is 8.04. The Morgan fingerprint density at radius 2 is 1.09 bits per heavy atom. The van der Waals surface area contributed by atoms with E-state index in [9.17, 15) is 4.79 Å². The number of nitrogens with one attached hydrogen (secondary N) is 2. The molecule has 0 aliphatic heterocycles. The van der Waals surface area contributed by atoms with E-state index in [-0.39, 0.29) is 18.0 Å². The number of nitrogens with zero attached hydrogens (tertiary/aromatic N) is 2. The van der Waals surface area contributed by atoms with Crippen molar-refractivity contribution in [1.29, 1.82) is 0 Å². The molecule has 0 aliphatic rings. The highest BCUT2D eigenvalue weighted by Crippen LogP contribution is 2.54. The van der Waals surface area contributed by atoms with Crippen LogP contribution < -0.4 is 39.2 Å². The molecule has 2 N–H and O–H groups in total. The number of benzene rings is 5. The van der Waals surface area contributed by atoms with E-state index < -0.39 is 7.26 Å². The summed E-state index contributed by atoms with van der Waals surface area (Å²) in [6.45, 7) is 0. The maximum absolute atomic E-state index is 14.6. The van der Waals surface area contributed by atoms with Gasteiger partial charge in [-0.2, -0.15) is 0 Å². The molecule has 8 heteroatoms. The number of thioether (sulfide) groups is 1. The number of aromatic amines is 2. The minimum absolute atomic E-state index is 0. The summed E-state index contributed by atoms with van der Waals surface area (Å²) in [5.74, 6) is 1.92. The standard InChI is InChI=1S/C36H27N4OPS.ClH/c41-35-33(42(27-17-7-2-8-18-27,28-19-9-3-10-20-28)29-21-11-4-12-22-29)36(40-34(39-35)26-15-5-1-6-16-26)43-25-32-37-30-23-13-14-24-31(30)38-32;/h1-24H,25H2,(H-,37,38,39,40,41);1H. The zero-order valence-corrected chi connectivity index (χ0v) is 26.1. The van der Waals surface area contributed by atoms with Crippen LogP contribution in [-0.4, -0.2) is 19.9 Å². The van der Waals surface area contributed by atoms with Gasteiger partial charge in [-0.15, -0.1) is 0 Å². The van der Waals surface area contributed by atoms with E-state index in [1.54, 1.807) is 11.8 Å². The maximum atomic E-state index is 14.6. The Hall–Kier alpha value is -4.48. The zero-order valence-electron chi connectivity index (χ0n) is 23.6. The Balaban J connectivity index is 0.00000343. The molecule has 5 aromatic carbocycles. The highest BCUT2D eigenvalue weighted by atomic mass is 35.5. The molecule has 0 saturated carbocycles. The van der Waals surface area contributed by atoms with E-state index in [0.29, 0.717) is 21.9 Å². The number of aromatic nitrogens is 4. The molecule has 2 heterocycles. The Morgan fingerprint density at radius 3 is 1.64 bits per heavy atom. The first-order valence-corrected chi connectivity index (χ1v) is 16.8. The van der Waals surface area contributed by atoms with Gasteiger partial charge in [0, 0.05) is 5.56 Å². The molecule has 0 spiro atoms. The van der Waals surface area contributed by atoms with Crippen molar-refractivity contribution in [1.82, 2.24) is 19.9 Å². The molecule has 0 aliphatic carbocycles. The summed E-state index contributed by atoms with van der Waals surface area (Å²) < 4.78 is 0. The Morgan fingerprint density at radius 1 is 0.591 bits per heavy atom. The summed E-state index contributed by atoms with van der Waals surface area (Å²) >= 11 is 1.55. The molecule has 7 aromatic rings. The van der Waals surface area contributed by atoms with Crippen LogP contribution in [-0.2, 0) is 5.75 Å². The lowest BCUT2D eigenvalue weighted by Gasteiger charge is -2.28. The fourth-order valence-electron chi connectivity index (χ4n) is 5.58. The molecular weight excluding hydrogens is 603 g/mol. The number of halogens is 1. The molecule has 0 atom stereocenters. The van der Waals surface area contributed by atoms with E-state index in [0.717, 1.165) is 38.3 Å². The van der Waals surface area contributed by atoms with Gasteiger partial charge in [-0.05, 0) is 48.5 Å². The largest absolute Gasteiger partial charge is 1.00 e. The number of rotatable bonds is 8. The van der Waals surface area contributed by atoms with Gasteiger partial charge < -0.3 is 22.4 Å². The van der Waals surface area contributed by atoms with Crippen molar-refractivity contribution < 1.29 is 12.4 Å². The highest BCUT2D eigenvalue weighted by Gasteiger charge is 2.52. The number of fused-ring (bicyclic) bond motifs is 1. The molecule has 216 valence electrons. The summed E-state index contributed by atoms with van der Waals surface area (Å²) in [7, 11) is -2.70. The van der Waals surface area contributed by atoms with Gasteiger partial charge in [0.2, 0.25) is 5.30 Å². The second kappa shape index (κ2) is 13.0. The monoisotopic (exact) mass is 630 g/mol. The van der Waals surface area contributed by atoms with Crippen LogP contribution in [0.15, 0.2) is 155 Å². The molecule has 0 bridgehead atoms. The topological polar surface area (TPSA) is 74.4 Å². The molecule has 0 saturated heterocycles. The van der Waals surface area contributed by atoms with Crippen LogP contribution in [0.1, 0.15) is 5.82 Å². The number of hydrogen-bond donors (Lipinski definition) is 2. The summed E-state index contributed by atoms with van der Waals surface area (Å²) in [6, 6.07) is 49.1. The Kier molecular flexibility index (Phi) is 8.76. The Bertz CT molecular complexity index is 1920. The van der Waals surface area contributed by atoms with E-state index in [4.69, 9.17) is 9.97 Å². The number of imidazole rings is 1. The third-order valence-corrected chi connectivity index (χ3v) is 12.9.